The van der Waals surface area contributed by atoms with Gasteiger partial charge < -0.3 is 14.4 Å². The van der Waals surface area contributed by atoms with Gasteiger partial charge in [0.2, 0.25) is 11.8 Å². The van der Waals surface area contributed by atoms with E-state index in [0.717, 1.165) is 35.5 Å². The van der Waals surface area contributed by atoms with Crippen LogP contribution in [-0.2, 0) is 37.1 Å². The number of carbonyl (C=O) groups is 2. The van der Waals surface area contributed by atoms with E-state index in [1.807, 2.05) is 13.8 Å². The zero-order valence-corrected chi connectivity index (χ0v) is 18.4. The Hall–Kier alpha value is -2.44. The van der Waals surface area contributed by atoms with Gasteiger partial charge >= 0.3 is 0 Å². The molecule has 7 heteroatoms. The number of hydrogen-bond donors (Lipinski definition) is 1. The van der Waals surface area contributed by atoms with E-state index in [-0.39, 0.29) is 30.1 Å². The van der Waals surface area contributed by atoms with Crippen molar-refractivity contribution in [3.8, 4) is 0 Å². The SMILES string of the molecule is CCc1noc(CNC(=O)Cc2c3c(n(CC(C)C)c2C)CC(C)(C)CC3=O)n1. The standard InChI is InChI=1S/C22H32N4O3/c1-7-18-24-20(29-25-18)11-23-19(28)8-15-14(4)26(12-13(2)3)16-9-22(5,6)10-17(27)21(15)16/h13H,7-12H2,1-6H3,(H,23,28). The smallest absolute Gasteiger partial charge is 0.246 e. The zero-order chi connectivity index (χ0) is 21.3. The molecule has 0 radical (unpaired) electrons. The summed E-state index contributed by atoms with van der Waals surface area (Å²) in [6.45, 7) is 13.6. The van der Waals surface area contributed by atoms with Crippen molar-refractivity contribution < 1.29 is 14.1 Å². The number of aromatic nitrogens is 3. The second-order valence-electron chi connectivity index (χ2n) is 9.24. The van der Waals surface area contributed by atoms with E-state index >= 15 is 0 Å². The van der Waals surface area contributed by atoms with E-state index < -0.39 is 0 Å². The van der Waals surface area contributed by atoms with Crippen molar-refractivity contribution in [3.05, 3.63) is 34.2 Å². The molecule has 0 aliphatic heterocycles. The number of carbonyl (C=O) groups excluding carboxylic acids is 2. The van der Waals surface area contributed by atoms with E-state index in [9.17, 15) is 9.59 Å². The average Bonchev–Trinajstić information content (AvgIpc) is 3.17. The molecule has 1 aliphatic rings. The number of fused-ring (bicyclic) bond motifs is 1. The number of nitrogens with zero attached hydrogens (tertiary/aromatic N) is 3. The van der Waals surface area contributed by atoms with Crippen LogP contribution in [0.4, 0.5) is 0 Å². The van der Waals surface area contributed by atoms with Crippen LogP contribution in [-0.4, -0.2) is 26.4 Å². The van der Waals surface area contributed by atoms with Gasteiger partial charge in [-0.3, -0.25) is 9.59 Å². The Morgan fingerprint density at radius 1 is 1.31 bits per heavy atom. The summed E-state index contributed by atoms with van der Waals surface area (Å²) in [5.41, 5.74) is 3.68. The zero-order valence-electron chi connectivity index (χ0n) is 18.4. The second kappa shape index (κ2) is 8.13. The molecular formula is C22H32N4O3. The predicted molar refractivity (Wildman–Crippen MR) is 110 cm³/mol. The van der Waals surface area contributed by atoms with Crippen LogP contribution in [0, 0.1) is 18.3 Å². The highest BCUT2D eigenvalue weighted by molar-refractivity contribution is 6.01. The average molecular weight is 401 g/mol. The molecule has 1 amide bonds. The molecular weight excluding hydrogens is 368 g/mol. The molecule has 0 aromatic carbocycles. The third kappa shape index (κ3) is 4.60. The number of hydrogen-bond acceptors (Lipinski definition) is 5. The molecule has 3 rings (SSSR count). The molecule has 2 aromatic rings. The highest BCUT2D eigenvalue weighted by atomic mass is 16.5. The Morgan fingerprint density at radius 3 is 2.66 bits per heavy atom. The maximum Gasteiger partial charge on any atom is 0.246 e. The summed E-state index contributed by atoms with van der Waals surface area (Å²) >= 11 is 0. The summed E-state index contributed by atoms with van der Waals surface area (Å²) in [7, 11) is 0. The van der Waals surface area contributed by atoms with Gasteiger partial charge in [0.25, 0.3) is 0 Å². The molecule has 0 unspecified atom stereocenters. The van der Waals surface area contributed by atoms with Crippen LogP contribution in [0.2, 0.25) is 0 Å². The lowest BCUT2D eigenvalue weighted by molar-refractivity contribution is -0.120. The molecule has 7 nitrogen and oxygen atoms in total. The van der Waals surface area contributed by atoms with Gasteiger partial charge in [0.1, 0.15) is 0 Å². The number of Topliss-reactive ketones (excluding diaryl/α,β-unsaturated/α-hetero) is 1. The Kier molecular flexibility index (Phi) is 5.96. The Morgan fingerprint density at radius 2 is 2.03 bits per heavy atom. The van der Waals surface area contributed by atoms with Gasteiger partial charge in [-0.2, -0.15) is 4.98 Å². The molecule has 2 heterocycles. The van der Waals surface area contributed by atoms with Gasteiger partial charge in [0.05, 0.1) is 13.0 Å². The predicted octanol–water partition coefficient (Wildman–Crippen LogP) is 3.41. The largest absolute Gasteiger partial charge is 0.348 e. The fourth-order valence-electron chi connectivity index (χ4n) is 4.14. The third-order valence-corrected chi connectivity index (χ3v) is 5.47. The number of amides is 1. The second-order valence-corrected chi connectivity index (χ2v) is 9.24. The topological polar surface area (TPSA) is 90.0 Å². The first kappa shape index (κ1) is 21.3. The number of ketones is 1. The summed E-state index contributed by atoms with van der Waals surface area (Å²) in [5, 5.41) is 6.68. The summed E-state index contributed by atoms with van der Waals surface area (Å²) in [6, 6.07) is 0. The molecule has 0 atom stereocenters. The van der Waals surface area contributed by atoms with Gasteiger partial charge in [0, 0.05) is 36.3 Å². The van der Waals surface area contributed by atoms with Gasteiger partial charge in [-0.1, -0.05) is 39.8 Å². The lowest BCUT2D eigenvalue weighted by Gasteiger charge is -2.30. The van der Waals surface area contributed by atoms with Crippen LogP contribution in [0.5, 0.6) is 0 Å². The Labute approximate surface area is 172 Å². The van der Waals surface area contributed by atoms with E-state index in [1.165, 1.54) is 0 Å². The third-order valence-electron chi connectivity index (χ3n) is 5.47. The van der Waals surface area contributed by atoms with E-state index in [4.69, 9.17) is 4.52 Å². The summed E-state index contributed by atoms with van der Waals surface area (Å²) < 4.78 is 7.38. The lowest BCUT2D eigenvalue weighted by atomic mass is 9.75. The highest BCUT2D eigenvalue weighted by Crippen LogP contribution is 2.39. The molecule has 0 fully saturated rings. The van der Waals surface area contributed by atoms with Crippen LogP contribution in [0.15, 0.2) is 4.52 Å². The van der Waals surface area contributed by atoms with Crippen molar-refractivity contribution in [1.82, 2.24) is 20.0 Å². The number of rotatable bonds is 7. The first-order valence-corrected chi connectivity index (χ1v) is 10.4. The Balaban J connectivity index is 1.84. The molecule has 0 spiro atoms. The minimum absolute atomic E-state index is 0.0575. The molecule has 158 valence electrons. The molecule has 29 heavy (non-hydrogen) atoms. The van der Waals surface area contributed by atoms with Crippen LogP contribution in [0.25, 0.3) is 0 Å². The number of nitrogens with one attached hydrogen (secondary N) is 1. The molecule has 2 aromatic heterocycles. The molecule has 1 aliphatic carbocycles. The van der Waals surface area contributed by atoms with Crippen molar-refractivity contribution in [3.63, 3.8) is 0 Å². The minimum atomic E-state index is -0.147. The van der Waals surface area contributed by atoms with Crippen LogP contribution in [0.3, 0.4) is 0 Å². The van der Waals surface area contributed by atoms with Gasteiger partial charge in [-0.05, 0) is 30.2 Å². The van der Waals surface area contributed by atoms with E-state index in [1.54, 1.807) is 0 Å². The van der Waals surface area contributed by atoms with Crippen molar-refractivity contribution in [2.45, 2.75) is 80.3 Å². The van der Waals surface area contributed by atoms with Crippen molar-refractivity contribution >= 4 is 11.7 Å². The van der Waals surface area contributed by atoms with Gasteiger partial charge in [0.15, 0.2) is 11.6 Å². The quantitative estimate of drug-likeness (QED) is 0.769. The van der Waals surface area contributed by atoms with Crippen LogP contribution >= 0.6 is 0 Å². The minimum Gasteiger partial charge on any atom is -0.348 e. The molecule has 0 saturated carbocycles. The van der Waals surface area contributed by atoms with Crippen molar-refractivity contribution in [2.24, 2.45) is 11.3 Å². The Bertz CT molecular complexity index is 921. The van der Waals surface area contributed by atoms with Gasteiger partial charge in [-0.25, -0.2) is 0 Å². The maximum atomic E-state index is 13.0. The summed E-state index contributed by atoms with van der Waals surface area (Å²) in [5.74, 6) is 1.47. The van der Waals surface area contributed by atoms with Crippen LogP contribution in [0.1, 0.15) is 80.1 Å². The lowest BCUT2D eigenvalue weighted by Crippen LogP contribution is -2.29. The maximum absolute atomic E-state index is 13.0. The van der Waals surface area contributed by atoms with Gasteiger partial charge in [-0.15, -0.1) is 0 Å². The monoisotopic (exact) mass is 400 g/mol. The van der Waals surface area contributed by atoms with Crippen molar-refractivity contribution in [2.75, 3.05) is 0 Å². The first-order valence-electron chi connectivity index (χ1n) is 10.4. The van der Waals surface area contributed by atoms with Crippen molar-refractivity contribution in [1.29, 1.82) is 0 Å². The highest BCUT2D eigenvalue weighted by Gasteiger charge is 2.37. The summed E-state index contributed by atoms with van der Waals surface area (Å²) in [4.78, 5) is 29.8. The number of aryl methyl sites for hydroxylation is 1. The molecule has 1 N–H and O–H groups in total. The first-order chi connectivity index (χ1) is 13.6. The fraction of sp³-hybridized carbons (Fsp3) is 0.636. The van der Waals surface area contributed by atoms with E-state index in [2.05, 4.69) is 47.7 Å². The summed E-state index contributed by atoms with van der Waals surface area (Å²) in [6.07, 6.45) is 2.23. The van der Waals surface area contributed by atoms with E-state index in [0.29, 0.717) is 30.5 Å². The normalized spacial score (nSPS) is 15.6. The fourth-order valence-corrected chi connectivity index (χ4v) is 4.14. The molecule has 0 bridgehead atoms. The van der Waals surface area contributed by atoms with Crippen LogP contribution < -0.4 is 5.32 Å². The molecule has 0 saturated heterocycles.